The van der Waals surface area contributed by atoms with Crippen molar-refractivity contribution in [3.8, 4) is 0 Å². The van der Waals surface area contributed by atoms with Crippen LogP contribution in [0.2, 0.25) is 0 Å². The lowest BCUT2D eigenvalue weighted by Gasteiger charge is -2.71. The summed E-state index contributed by atoms with van der Waals surface area (Å²) in [5.74, 6) is 1.24. The Balaban J connectivity index is 1.59. The molecule has 0 unspecified atom stereocenters. The summed E-state index contributed by atoms with van der Waals surface area (Å²) in [5.41, 5.74) is 1.62. The van der Waals surface area contributed by atoms with Gasteiger partial charge < -0.3 is 10.2 Å². The zero-order valence-electron chi connectivity index (χ0n) is 21.3. The zero-order chi connectivity index (χ0) is 23.3. The summed E-state index contributed by atoms with van der Waals surface area (Å²) < 4.78 is 0. The van der Waals surface area contributed by atoms with Gasteiger partial charge in [-0.15, -0.1) is 0 Å². The zero-order valence-corrected chi connectivity index (χ0v) is 21.3. The molecule has 0 aromatic carbocycles. The van der Waals surface area contributed by atoms with Gasteiger partial charge in [-0.2, -0.15) is 0 Å². The van der Waals surface area contributed by atoms with Crippen LogP contribution in [0.5, 0.6) is 0 Å². The summed E-state index contributed by atoms with van der Waals surface area (Å²) in [5, 5.41) is 21.1. The van der Waals surface area contributed by atoms with E-state index >= 15 is 0 Å². The van der Waals surface area contributed by atoms with E-state index in [1.54, 1.807) is 5.57 Å². The fourth-order valence-electron chi connectivity index (χ4n) is 10.7. The van der Waals surface area contributed by atoms with Gasteiger partial charge in [-0.05, 0) is 104 Å². The molecule has 0 radical (unpaired) electrons. The molecule has 5 aliphatic rings. The van der Waals surface area contributed by atoms with Crippen molar-refractivity contribution in [2.24, 2.45) is 50.7 Å². The lowest BCUT2D eigenvalue weighted by molar-refractivity contribution is -0.216. The quantitative estimate of drug-likeness (QED) is 0.437. The fraction of sp³-hybridized carbons (Fsp3) is 0.897. The van der Waals surface area contributed by atoms with Gasteiger partial charge in [0.25, 0.3) is 0 Å². The third-order valence-electron chi connectivity index (χ3n) is 12.9. The van der Waals surface area contributed by atoms with Gasteiger partial charge in [0.05, 0.1) is 11.5 Å². The van der Waals surface area contributed by atoms with Gasteiger partial charge in [-0.3, -0.25) is 4.79 Å². The molecule has 0 aromatic rings. The molecule has 180 valence electrons. The molecule has 0 saturated heterocycles. The minimum atomic E-state index is -1.03. The number of allylic oxidation sites excluding steroid dienone is 2. The Kier molecular flexibility index (Phi) is 4.92. The van der Waals surface area contributed by atoms with E-state index in [1.165, 1.54) is 32.1 Å². The average molecular weight is 443 g/mol. The van der Waals surface area contributed by atoms with Crippen molar-refractivity contribution in [2.45, 2.75) is 112 Å². The van der Waals surface area contributed by atoms with Crippen molar-refractivity contribution in [3.05, 3.63) is 11.6 Å². The molecule has 3 heteroatoms. The molecular weight excluding hydrogens is 396 g/mol. The predicted molar refractivity (Wildman–Crippen MR) is 128 cm³/mol. The second-order valence-corrected chi connectivity index (χ2v) is 13.9. The van der Waals surface area contributed by atoms with Crippen LogP contribution in [0.1, 0.15) is 106 Å². The highest BCUT2D eigenvalue weighted by molar-refractivity contribution is 5.76. The van der Waals surface area contributed by atoms with Crippen LogP contribution >= 0.6 is 0 Å². The number of rotatable bonds is 1. The molecule has 4 fully saturated rings. The molecule has 32 heavy (non-hydrogen) atoms. The number of fused-ring (bicyclic) bond motifs is 7. The Morgan fingerprint density at radius 3 is 2.34 bits per heavy atom. The molecule has 0 aliphatic heterocycles. The largest absolute Gasteiger partial charge is 0.481 e. The normalized spacial score (nSPS) is 57.3. The van der Waals surface area contributed by atoms with Crippen LogP contribution in [0.15, 0.2) is 11.6 Å². The molecule has 0 heterocycles. The van der Waals surface area contributed by atoms with Crippen LogP contribution in [0, 0.1) is 50.7 Å². The van der Waals surface area contributed by atoms with Gasteiger partial charge in [0, 0.05) is 0 Å². The molecular formula is C29H46O3. The van der Waals surface area contributed by atoms with Gasteiger partial charge in [-0.1, -0.05) is 59.1 Å². The van der Waals surface area contributed by atoms with Crippen LogP contribution in [0.3, 0.4) is 0 Å². The average Bonchev–Trinajstić information content (AvgIpc) is 2.72. The highest BCUT2D eigenvalue weighted by Crippen LogP contribution is 2.75. The van der Waals surface area contributed by atoms with Crippen molar-refractivity contribution in [2.75, 3.05) is 0 Å². The van der Waals surface area contributed by atoms with Crippen LogP contribution in [-0.4, -0.2) is 22.3 Å². The van der Waals surface area contributed by atoms with Crippen LogP contribution in [0.25, 0.3) is 0 Å². The van der Waals surface area contributed by atoms with E-state index in [0.29, 0.717) is 17.8 Å². The smallest absolute Gasteiger partial charge is 0.312 e. The summed E-state index contributed by atoms with van der Waals surface area (Å²) in [6.07, 6.45) is 13.4. The van der Waals surface area contributed by atoms with E-state index in [-0.39, 0.29) is 22.2 Å². The minimum Gasteiger partial charge on any atom is -0.481 e. The first-order chi connectivity index (χ1) is 14.8. The molecule has 5 aliphatic carbocycles. The molecule has 2 N–H and O–H groups in total. The SMILES string of the molecule is C[C@H]1CCC[C@]2(C)CC[C@]3(C)C(=CC[C@@H]4[C@@]5(C)CC[C@@H](O)[C@](C)(C(=O)O)[C@@H]5CC[C@]43C)[C@H]12. The number of aliphatic carboxylic acids is 1. The number of carboxylic acid groups (broad SMARTS) is 1. The van der Waals surface area contributed by atoms with Crippen LogP contribution < -0.4 is 0 Å². The van der Waals surface area contributed by atoms with Gasteiger partial charge in [-0.25, -0.2) is 0 Å². The second-order valence-electron chi connectivity index (χ2n) is 13.9. The number of aliphatic hydroxyl groups excluding tert-OH is 1. The number of hydrogen-bond acceptors (Lipinski definition) is 2. The number of carboxylic acids is 1. The molecule has 0 spiro atoms. The minimum absolute atomic E-state index is 0.0245. The van der Waals surface area contributed by atoms with E-state index in [1.807, 2.05) is 6.92 Å². The highest BCUT2D eigenvalue weighted by atomic mass is 16.4. The van der Waals surface area contributed by atoms with Gasteiger partial charge in [0.1, 0.15) is 0 Å². The van der Waals surface area contributed by atoms with Crippen molar-refractivity contribution >= 4 is 5.97 Å². The lowest BCUT2D eigenvalue weighted by Crippen LogP contribution is -2.66. The molecule has 5 rings (SSSR count). The van der Waals surface area contributed by atoms with Gasteiger partial charge in [0.2, 0.25) is 0 Å². The Hall–Kier alpha value is -0.830. The molecule has 4 saturated carbocycles. The molecule has 0 amide bonds. The monoisotopic (exact) mass is 442 g/mol. The highest BCUT2D eigenvalue weighted by Gasteiger charge is 2.69. The summed E-state index contributed by atoms with van der Waals surface area (Å²) >= 11 is 0. The van der Waals surface area contributed by atoms with E-state index in [0.717, 1.165) is 37.5 Å². The maximum atomic E-state index is 12.5. The Morgan fingerprint density at radius 1 is 0.938 bits per heavy atom. The molecule has 10 atom stereocenters. The van der Waals surface area contributed by atoms with Crippen LogP contribution in [-0.2, 0) is 4.79 Å². The van der Waals surface area contributed by atoms with Crippen molar-refractivity contribution < 1.29 is 15.0 Å². The van der Waals surface area contributed by atoms with E-state index in [4.69, 9.17) is 0 Å². The summed E-state index contributed by atoms with van der Waals surface area (Å²) in [6, 6.07) is 0. The van der Waals surface area contributed by atoms with Crippen molar-refractivity contribution in [1.29, 1.82) is 0 Å². The van der Waals surface area contributed by atoms with E-state index < -0.39 is 17.5 Å². The Morgan fingerprint density at radius 2 is 1.66 bits per heavy atom. The fourth-order valence-corrected chi connectivity index (χ4v) is 10.7. The van der Waals surface area contributed by atoms with Gasteiger partial charge in [0.15, 0.2) is 0 Å². The molecule has 0 bridgehead atoms. The van der Waals surface area contributed by atoms with Crippen LogP contribution in [0.4, 0.5) is 0 Å². The van der Waals surface area contributed by atoms with Gasteiger partial charge >= 0.3 is 5.97 Å². The first-order valence-electron chi connectivity index (χ1n) is 13.5. The first-order valence-corrected chi connectivity index (χ1v) is 13.5. The number of carbonyl (C=O) groups is 1. The Labute approximate surface area is 195 Å². The standard InChI is InChI=1S/C29H46O3/c1-18-8-7-13-25(2)16-17-27(4)19(23(18)25)9-10-20-26(3)14-12-22(30)29(6,24(31)32)21(26)11-15-28(20,27)5/h9,18,20-23,30H,7-8,10-17H2,1-6H3,(H,31,32)/t18-,20+,21+,22+,23-,25+,26+,27+,28+,29+/m0/s1. The number of aliphatic hydroxyl groups is 1. The summed E-state index contributed by atoms with van der Waals surface area (Å²) in [7, 11) is 0. The third kappa shape index (κ3) is 2.56. The second kappa shape index (κ2) is 6.86. The van der Waals surface area contributed by atoms with E-state index in [9.17, 15) is 15.0 Å². The predicted octanol–water partition coefficient (Wildman–Crippen LogP) is 6.84. The molecule has 0 aromatic heterocycles. The maximum Gasteiger partial charge on any atom is 0.312 e. The van der Waals surface area contributed by atoms with E-state index in [2.05, 4.69) is 40.7 Å². The topological polar surface area (TPSA) is 57.5 Å². The maximum absolute atomic E-state index is 12.5. The first kappa shape index (κ1) is 22.9. The van der Waals surface area contributed by atoms with Crippen molar-refractivity contribution in [1.82, 2.24) is 0 Å². The third-order valence-corrected chi connectivity index (χ3v) is 12.9. The number of hydrogen-bond donors (Lipinski definition) is 2. The molecule has 3 nitrogen and oxygen atoms in total. The lowest BCUT2D eigenvalue weighted by atomic mass is 9.33. The summed E-state index contributed by atoms with van der Waals surface area (Å²) in [4.78, 5) is 12.5. The van der Waals surface area contributed by atoms with Crippen molar-refractivity contribution in [3.63, 3.8) is 0 Å². The summed E-state index contributed by atoms with van der Waals surface area (Å²) in [6.45, 7) is 14.5. The Bertz CT molecular complexity index is 847.